The van der Waals surface area contributed by atoms with Crippen LogP contribution in [-0.2, 0) is 10.0 Å². The molecule has 2 rings (SSSR count). The van der Waals surface area contributed by atoms with Gasteiger partial charge in [-0.25, -0.2) is 13.4 Å². The molecule has 0 atom stereocenters. The molecular weight excluding hydrogens is 319 g/mol. The second-order valence-corrected chi connectivity index (χ2v) is 6.80. The van der Waals surface area contributed by atoms with Crippen molar-refractivity contribution in [3.63, 3.8) is 0 Å². The van der Waals surface area contributed by atoms with Gasteiger partial charge in [0.05, 0.1) is 5.02 Å². The SMILES string of the molecule is Cc1ccc(NS(=O)(=O)c2cnc(Cl)c(Cl)c2)cc1C. The monoisotopic (exact) mass is 330 g/mol. The van der Waals surface area contributed by atoms with Crippen molar-refractivity contribution >= 4 is 38.9 Å². The van der Waals surface area contributed by atoms with E-state index in [2.05, 4.69) is 9.71 Å². The zero-order valence-corrected chi connectivity index (χ0v) is 13.1. The van der Waals surface area contributed by atoms with Crippen LogP contribution in [-0.4, -0.2) is 13.4 Å². The molecule has 0 saturated heterocycles. The average Bonchev–Trinajstić information content (AvgIpc) is 2.37. The molecule has 0 bridgehead atoms. The van der Waals surface area contributed by atoms with E-state index in [0.29, 0.717) is 5.69 Å². The summed E-state index contributed by atoms with van der Waals surface area (Å²) in [4.78, 5) is 3.70. The van der Waals surface area contributed by atoms with Gasteiger partial charge in [-0.15, -0.1) is 0 Å². The molecule has 1 aromatic carbocycles. The zero-order valence-electron chi connectivity index (χ0n) is 10.8. The largest absolute Gasteiger partial charge is 0.280 e. The first-order valence-electron chi connectivity index (χ1n) is 5.71. The number of aryl methyl sites for hydroxylation is 2. The summed E-state index contributed by atoms with van der Waals surface area (Å²) in [6.45, 7) is 3.87. The Morgan fingerprint density at radius 2 is 1.80 bits per heavy atom. The van der Waals surface area contributed by atoms with Crippen LogP contribution >= 0.6 is 23.2 Å². The van der Waals surface area contributed by atoms with Crippen molar-refractivity contribution in [2.24, 2.45) is 0 Å². The van der Waals surface area contributed by atoms with E-state index in [4.69, 9.17) is 23.2 Å². The van der Waals surface area contributed by atoms with Crippen molar-refractivity contribution in [1.82, 2.24) is 4.98 Å². The van der Waals surface area contributed by atoms with E-state index < -0.39 is 10.0 Å². The fourth-order valence-corrected chi connectivity index (χ4v) is 2.92. The lowest BCUT2D eigenvalue weighted by atomic mass is 10.1. The molecule has 1 N–H and O–H groups in total. The van der Waals surface area contributed by atoms with Crippen LogP contribution in [0.1, 0.15) is 11.1 Å². The van der Waals surface area contributed by atoms with Gasteiger partial charge in [-0.1, -0.05) is 29.3 Å². The number of nitrogens with zero attached hydrogens (tertiary/aromatic N) is 1. The molecule has 7 heteroatoms. The summed E-state index contributed by atoms with van der Waals surface area (Å²) in [5.74, 6) is 0. The fraction of sp³-hybridized carbons (Fsp3) is 0.154. The Bertz CT molecular complexity index is 761. The Balaban J connectivity index is 2.35. The van der Waals surface area contributed by atoms with Crippen LogP contribution in [0.15, 0.2) is 35.4 Å². The van der Waals surface area contributed by atoms with Crippen LogP contribution in [0.5, 0.6) is 0 Å². The molecule has 0 radical (unpaired) electrons. The van der Waals surface area contributed by atoms with E-state index >= 15 is 0 Å². The maximum absolute atomic E-state index is 12.2. The normalized spacial score (nSPS) is 11.4. The van der Waals surface area contributed by atoms with Gasteiger partial charge in [0, 0.05) is 11.9 Å². The first-order chi connectivity index (χ1) is 9.29. The number of halogens is 2. The Kier molecular flexibility index (Phi) is 4.22. The number of rotatable bonds is 3. The maximum Gasteiger partial charge on any atom is 0.263 e. The van der Waals surface area contributed by atoms with Crippen LogP contribution in [0, 0.1) is 13.8 Å². The summed E-state index contributed by atoms with van der Waals surface area (Å²) in [5.41, 5.74) is 2.57. The number of nitrogens with one attached hydrogen (secondary N) is 1. The average molecular weight is 331 g/mol. The van der Waals surface area contributed by atoms with Crippen molar-refractivity contribution in [2.45, 2.75) is 18.7 Å². The van der Waals surface area contributed by atoms with Gasteiger partial charge < -0.3 is 0 Å². The molecule has 0 aliphatic carbocycles. The van der Waals surface area contributed by atoms with Crippen molar-refractivity contribution in [3.8, 4) is 0 Å². The van der Waals surface area contributed by atoms with Crippen molar-refractivity contribution in [1.29, 1.82) is 0 Å². The smallest absolute Gasteiger partial charge is 0.263 e. The molecule has 1 aromatic heterocycles. The lowest BCUT2D eigenvalue weighted by molar-refractivity contribution is 0.601. The third-order valence-electron chi connectivity index (χ3n) is 2.84. The van der Waals surface area contributed by atoms with Crippen molar-refractivity contribution in [3.05, 3.63) is 51.8 Å². The number of sulfonamides is 1. The van der Waals surface area contributed by atoms with E-state index in [9.17, 15) is 8.42 Å². The summed E-state index contributed by atoms with van der Waals surface area (Å²) in [6, 6.07) is 6.57. The number of anilines is 1. The molecular formula is C13H12Cl2N2O2S. The zero-order chi connectivity index (χ0) is 14.9. The molecule has 0 amide bonds. The van der Waals surface area contributed by atoms with E-state index in [1.54, 1.807) is 12.1 Å². The number of hydrogen-bond donors (Lipinski definition) is 1. The van der Waals surface area contributed by atoms with E-state index in [-0.39, 0.29) is 15.1 Å². The molecule has 0 unspecified atom stereocenters. The topological polar surface area (TPSA) is 59.1 Å². The molecule has 0 fully saturated rings. The Hall–Kier alpha value is -1.30. The van der Waals surface area contributed by atoms with Crippen LogP contribution in [0.4, 0.5) is 5.69 Å². The molecule has 0 aliphatic heterocycles. The maximum atomic E-state index is 12.2. The third kappa shape index (κ3) is 3.23. The number of benzene rings is 1. The van der Waals surface area contributed by atoms with Crippen LogP contribution in [0.3, 0.4) is 0 Å². The summed E-state index contributed by atoms with van der Waals surface area (Å²) < 4.78 is 26.9. The van der Waals surface area contributed by atoms with Gasteiger partial charge in [-0.2, -0.15) is 0 Å². The minimum atomic E-state index is -3.74. The highest BCUT2D eigenvalue weighted by Crippen LogP contribution is 2.24. The second-order valence-electron chi connectivity index (χ2n) is 4.35. The number of hydrogen-bond acceptors (Lipinski definition) is 3. The molecule has 2 aromatic rings. The van der Waals surface area contributed by atoms with Gasteiger partial charge in [0.15, 0.2) is 0 Å². The molecule has 4 nitrogen and oxygen atoms in total. The Labute approximate surface area is 127 Å². The quantitative estimate of drug-likeness (QED) is 0.870. The number of pyridine rings is 1. The van der Waals surface area contributed by atoms with Crippen LogP contribution in [0.25, 0.3) is 0 Å². The predicted octanol–water partition coefficient (Wildman–Crippen LogP) is 3.81. The molecule has 0 aliphatic rings. The van der Waals surface area contributed by atoms with Gasteiger partial charge in [0.1, 0.15) is 10.0 Å². The van der Waals surface area contributed by atoms with Gasteiger partial charge in [0.25, 0.3) is 10.0 Å². The highest BCUT2D eigenvalue weighted by atomic mass is 35.5. The summed E-state index contributed by atoms with van der Waals surface area (Å²) >= 11 is 11.5. The molecule has 0 saturated carbocycles. The molecule has 1 heterocycles. The van der Waals surface area contributed by atoms with Gasteiger partial charge >= 0.3 is 0 Å². The second kappa shape index (κ2) is 5.60. The van der Waals surface area contributed by atoms with Crippen molar-refractivity contribution in [2.75, 3.05) is 4.72 Å². The minimum absolute atomic E-state index is 0.0369. The van der Waals surface area contributed by atoms with Crippen molar-refractivity contribution < 1.29 is 8.42 Å². The lowest BCUT2D eigenvalue weighted by Gasteiger charge is -2.10. The summed E-state index contributed by atoms with van der Waals surface area (Å²) in [6.07, 6.45) is 1.16. The lowest BCUT2D eigenvalue weighted by Crippen LogP contribution is -2.13. The summed E-state index contributed by atoms with van der Waals surface area (Å²) in [7, 11) is -3.74. The van der Waals surface area contributed by atoms with Gasteiger partial charge in [0.2, 0.25) is 0 Å². The van der Waals surface area contributed by atoms with Crippen LogP contribution in [0.2, 0.25) is 10.2 Å². The summed E-state index contributed by atoms with van der Waals surface area (Å²) in [5, 5.41) is 0.159. The first kappa shape index (κ1) is 15.1. The molecule has 0 spiro atoms. The molecule has 20 heavy (non-hydrogen) atoms. The first-order valence-corrected chi connectivity index (χ1v) is 7.94. The van der Waals surface area contributed by atoms with E-state index in [1.807, 2.05) is 19.9 Å². The minimum Gasteiger partial charge on any atom is -0.280 e. The van der Waals surface area contributed by atoms with E-state index in [0.717, 1.165) is 17.3 Å². The highest BCUT2D eigenvalue weighted by molar-refractivity contribution is 7.92. The van der Waals surface area contributed by atoms with E-state index in [1.165, 1.54) is 6.07 Å². The fourth-order valence-electron chi connectivity index (χ4n) is 1.57. The Morgan fingerprint density at radius 3 is 2.40 bits per heavy atom. The van der Waals surface area contributed by atoms with Crippen LogP contribution < -0.4 is 4.72 Å². The van der Waals surface area contributed by atoms with Gasteiger partial charge in [-0.3, -0.25) is 4.72 Å². The standard InChI is InChI=1S/C13H12Cl2N2O2S/c1-8-3-4-10(5-9(8)2)17-20(18,19)11-6-12(14)13(15)16-7-11/h3-7,17H,1-2H3. The molecule has 106 valence electrons. The number of aromatic nitrogens is 1. The Morgan fingerprint density at radius 1 is 1.10 bits per heavy atom. The highest BCUT2D eigenvalue weighted by Gasteiger charge is 2.16. The van der Waals surface area contributed by atoms with Gasteiger partial charge in [-0.05, 0) is 43.2 Å². The third-order valence-corrected chi connectivity index (χ3v) is 4.87. The predicted molar refractivity (Wildman–Crippen MR) is 81.0 cm³/mol.